The van der Waals surface area contributed by atoms with Gasteiger partial charge in [-0.3, -0.25) is 4.79 Å². The van der Waals surface area contributed by atoms with Gasteiger partial charge in [-0.15, -0.1) is 0 Å². The summed E-state index contributed by atoms with van der Waals surface area (Å²) in [5, 5.41) is 3.05. The van der Waals surface area contributed by atoms with Crippen molar-refractivity contribution < 1.29 is 9.53 Å². The van der Waals surface area contributed by atoms with Crippen LogP contribution >= 0.6 is 0 Å². The summed E-state index contributed by atoms with van der Waals surface area (Å²) < 4.78 is 5.03. The number of ether oxygens (including phenoxy) is 1. The summed E-state index contributed by atoms with van der Waals surface area (Å²) in [6.07, 6.45) is 22.9. The zero-order valence-corrected chi connectivity index (χ0v) is 22.0. The van der Waals surface area contributed by atoms with Gasteiger partial charge in [0.2, 0.25) is 5.91 Å². The quantitative estimate of drug-likeness (QED) is 0.185. The minimum absolute atomic E-state index is 0.241. The maximum absolute atomic E-state index is 11.7. The van der Waals surface area contributed by atoms with Gasteiger partial charge in [-0.2, -0.15) is 0 Å². The predicted molar refractivity (Wildman–Crippen MR) is 136 cm³/mol. The number of carbonyl (C=O) groups is 1. The van der Waals surface area contributed by atoms with Crippen LogP contribution in [0.2, 0.25) is 0 Å². The molecule has 0 aromatic carbocycles. The first-order chi connectivity index (χ1) is 14.8. The minimum atomic E-state index is 0.241. The molecule has 0 spiro atoms. The normalized spacial score (nSPS) is 9.93. The highest BCUT2D eigenvalue weighted by molar-refractivity contribution is 5.75. The second-order valence-electron chi connectivity index (χ2n) is 7.75. The summed E-state index contributed by atoms with van der Waals surface area (Å²) in [5.74, 6) is 0.241. The molecule has 30 heavy (non-hydrogen) atoms. The van der Waals surface area contributed by atoms with Crippen LogP contribution in [0, 0.1) is 0 Å². The summed E-state index contributed by atoms with van der Waals surface area (Å²) in [6.45, 7) is 12.0. The average molecular weight is 430 g/mol. The summed E-state index contributed by atoms with van der Waals surface area (Å²) in [4.78, 5) is 11.7. The molecule has 0 aliphatic heterocycles. The number of amides is 1. The Morgan fingerprint density at radius 2 is 1.00 bits per heavy atom. The molecular weight excluding hydrogens is 370 g/mol. The number of rotatable bonds is 21. The lowest BCUT2D eigenvalue weighted by Crippen LogP contribution is -2.23. The molecule has 0 radical (unpaired) electrons. The summed E-state index contributed by atoms with van der Waals surface area (Å²) in [5.41, 5.74) is 0. The second-order valence-corrected chi connectivity index (χ2v) is 7.75. The van der Waals surface area contributed by atoms with Crippen LogP contribution in [0.1, 0.15) is 150 Å². The van der Waals surface area contributed by atoms with E-state index in [1.54, 1.807) is 7.11 Å². The van der Waals surface area contributed by atoms with Crippen LogP contribution < -0.4 is 5.32 Å². The molecule has 0 fully saturated rings. The Morgan fingerprint density at radius 3 is 1.47 bits per heavy atom. The second kappa shape index (κ2) is 35.8. The maximum atomic E-state index is 11.7. The van der Waals surface area contributed by atoms with Crippen LogP contribution in [0.15, 0.2) is 0 Å². The molecule has 3 nitrogen and oxygen atoms in total. The molecule has 0 aliphatic carbocycles. The Kier molecular flexibility index (Phi) is 40.7. The van der Waals surface area contributed by atoms with Gasteiger partial charge in [0.1, 0.15) is 0 Å². The van der Waals surface area contributed by atoms with Crippen molar-refractivity contribution in [1.82, 2.24) is 5.32 Å². The van der Waals surface area contributed by atoms with E-state index >= 15 is 0 Å². The van der Waals surface area contributed by atoms with Gasteiger partial charge < -0.3 is 10.1 Å². The predicted octanol–water partition coefficient (Wildman–Crippen LogP) is 8.84. The third kappa shape index (κ3) is 34.9. The van der Waals surface area contributed by atoms with Crippen molar-refractivity contribution in [2.24, 2.45) is 0 Å². The standard InChI is InChI=1S/C23H47NO2.2C2H6/c1-3-4-5-6-7-8-9-10-11-12-13-14-17-20-23(25)24-21-18-15-16-19-22-26-2;2*1-2/h3-22H2,1-2H3,(H,24,25);2*1-2H3. The molecule has 3 heteroatoms. The highest BCUT2D eigenvalue weighted by Crippen LogP contribution is 2.12. The van der Waals surface area contributed by atoms with Crippen LogP contribution in [0.4, 0.5) is 0 Å². The van der Waals surface area contributed by atoms with E-state index in [4.69, 9.17) is 4.74 Å². The molecule has 0 saturated carbocycles. The molecular formula is C27H59NO2. The largest absolute Gasteiger partial charge is 0.385 e. The first-order valence-corrected chi connectivity index (χ1v) is 13.6. The van der Waals surface area contributed by atoms with Gasteiger partial charge >= 0.3 is 0 Å². The molecule has 184 valence electrons. The van der Waals surface area contributed by atoms with E-state index in [9.17, 15) is 4.79 Å². The molecule has 0 bridgehead atoms. The highest BCUT2D eigenvalue weighted by atomic mass is 16.5. The van der Waals surface area contributed by atoms with Crippen LogP contribution in [-0.2, 0) is 9.53 Å². The molecule has 0 aromatic heterocycles. The summed E-state index contributed by atoms with van der Waals surface area (Å²) in [6, 6.07) is 0. The number of carbonyl (C=O) groups excluding carboxylic acids is 1. The topological polar surface area (TPSA) is 38.3 Å². The van der Waals surface area contributed by atoms with E-state index in [0.717, 1.165) is 32.4 Å². The minimum Gasteiger partial charge on any atom is -0.385 e. The zero-order chi connectivity index (χ0) is 23.1. The fourth-order valence-corrected chi connectivity index (χ4v) is 3.34. The van der Waals surface area contributed by atoms with E-state index in [2.05, 4.69) is 12.2 Å². The Bertz CT molecular complexity index is 282. The van der Waals surface area contributed by atoms with Crippen LogP contribution in [0.25, 0.3) is 0 Å². The van der Waals surface area contributed by atoms with Gasteiger partial charge in [-0.05, 0) is 19.3 Å². The third-order valence-corrected chi connectivity index (χ3v) is 5.10. The molecule has 0 aromatic rings. The Labute approximate surface area is 191 Å². The van der Waals surface area contributed by atoms with Crippen molar-refractivity contribution in [2.45, 2.75) is 150 Å². The van der Waals surface area contributed by atoms with E-state index in [-0.39, 0.29) is 5.91 Å². The Balaban J connectivity index is -0.00000171. The van der Waals surface area contributed by atoms with Crippen molar-refractivity contribution >= 4 is 5.91 Å². The summed E-state index contributed by atoms with van der Waals surface area (Å²) >= 11 is 0. The van der Waals surface area contributed by atoms with Gasteiger partial charge in [-0.25, -0.2) is 0 Å². The number of unbranched alkanes of at least 4 members (excludes halogenated alkanes) is 15. The number of hydrogen-bond donors (Lipinski definition) is 1. The van der Waals surface area contributed by atoms with Crippen molar-refractivity contribution in [3.05, 3.63) is 0 Å². The SMILES string of the molecule is CC.CC.CCCCCCCCCCCCCCCC(=O)NCCCCCCOC. The number of nitrogens with one attached hydrogen (secondary N) is 1. The maximum Gasteiger partial charge on any atom is 0.219 e. The molecule has 1 amide bonds. The lowest BCUT2D eigenvalue weighted by atomic mass is 10.0. The molecule has 0 aliphatic rings. The summed E-state index contributed by atoms with van der Waals surface area (Å²) in [7, 11) is 1.75. The number of hydrogen-bond acceptors (Lipinski definition) is 2. The van der Waals surface area contributed by atoms with Crippen molar-refractivity contribution in [3.63, 3.8) is 0 Å². The van der Waals surface area contributed by atoms with E-state index in [0.29, 0.717) is 6.42 Å². The molecule has 0 heterocycles. The average Bonchev–Trinajstić information content (AvgIpc) is 2.79. The van der Waals surface area contributed by atoms with Crippen LogP contribution in [0.5, 0.6) is 0 Å². The Hall–Kier alpha value is -0.570. The van der Waals surface area contributed by atoms with Crippen LogP contribution in [-0.4, -0.2) is 26.2 Å². The number of methoxy groups -OCH3 is 1. The molecule has 1 N–H and O–H groups in total. The van der Waals surface area contributed by atoms with Gasteiger partial charge in [0.25, 0.3) is 0 Å². The van der Waals surface area contributed by atoms with E-state index in [1.807, 2.05) is 27.7 Å². The lowest BCUT2D eigenvalue weighted by Gasteiger charge is -2.06. The third-order valence-electron chi connectivity index (χ3n) is 5.10. The van der Waals surface area contributed by atoms with E-state index in [1.165, 1.54) is 89.9 Å². The van der Waals surface area contributed by atoms with E-state index < -0.39 is 0 Å². The first kappa shape index (κ1) is 34.1. The monoisotopic (exact) mass is 429 g/mol. The molecule has 0 saturated heterocycles. The van der Waals surface area contributed by atoms with Gasteiger partial charge in [0, 0.05) is 26.7 Å². The molecule has 0 atom stereocenters. The fraction of sp³-hybridized carbons (Fsp3) is 0.963. The van der Waals surface area contributed by atoms with Gasteiger partial charge in [0.15, 0.2) is 0 Å². The molecule has 0 rings (SSSR count). The highest BCUT2D eigenvalue weighted by Gasteiger charge is 2.00. The van der Waals surface area contributed by atoms with Crippen molar-refractivity contribution in [1.29, 1.82) is 0 Å². The van der Waals surface area contributed by atoms with Gasteiger partial charge in [0.05, 0.1) is 0 Å². The smallest absolute Gasteiger partial charge is 0.219 e. The first-order valence-electron chi connectivity index (χ1n) is 13.6. The van der Waals surface area contributed by atoms with Gasteiger partial charge in [-0.1, -0.05) is 125 Å². The van der Waals surface area contributed by atoms with Crippen molar-refractivity contribution in [2.75, 3.05) is 20.3 Å². The Morgan fingerprint density at radius 1 is 0.600 bits per heavy atom. The fourth-order valence-electron chi connectivity index (χ4n) is 3.34. The molecule has 0 unspecified atom stereocenters. The van der Waals surface area contributed by atoms with Crippen molar-refractivity contribution in [3.8, 4) is 0 Å². The van der Waals surface area contributed by atoms with Crippen LogP contribution in [0.3, 0.4) is 0 Å². The zero-order valence-electron chi connectivity index (χ0n) is 22.0. The lowest BCUT2D eigenvalue weighted by molar-refractivity contribution is -0.121.